The van der Waals surface area contributed by atoms with Crippen LogP contribution in [-0.4, -0.2) is 9.97 Å². The van der Waals surface area contributed by atoms with Crippen LogP contribution in [0.1, 0.15) is 0 Å². The molecular weight excluding hydrogens is 476 g/mol. The van der Waals surface area contributed by atoms with Gasteiger partial charge in [0.2, 0.25) is 11.1 Å². The van der Waals surface area contributed by atoms with Gasteiger partial charge < -0.3 is 9.97 Å². The molecule has 0 amide bonds. The van der Waals surface area contributed by atoms with Crippen LogP contribution in [0.3, 0.4) is 0 Å². The van der Waals surface area contributed by atoms with E-state index in [9.17, 15) is 9.59 Å². The SMILES string of the molecule is N#CC(C#N)=c1ccc(=C(C#N)C#N)cc1.O=c1ccc2ccccc2[nH]1.O=c1ccc2ccccc2[nH]1. The number of nitrogens with one attached hydrogen (secondary N) is 2. The van der Waals surface area contributed by atoms with Crippen LogP contribution in [-0.2, 0) is 0 Å². The Morgan fingerprint density at radius 1 is 0.474 bits per heavy atom. The first-order chi connectivity index (χ1) is 18.5. The molecule has 0 aliphatic heterocycles. The van der Waals surface area contributed by atoms with E-state index in [1.807, 2.05) is 60.7 Å². The van der Waals surface area contributed by atoms with Crippen molar-refractivity contribution >= 4 is 33.0 Å². The number of nitriles is 4. The van der Waals surface area contributed by atoms with Gasteiger partial charge >= 0.3 is 0 Å². The largest absolute Gasteiger partial charge is 0.322 e. The number of fused-ring (bicyclic) bond motifs is 2. The molecule has 0 aliphatic rings. The third-order valence-corrected chi connectivity index (χ3v) is 5.18. The van der Waals surface area contributed by atoms with E-state index in [4.69, 9.17) is 21.0 Å². The van der Waals surface area contributed by atoms with Gasteiger partial charge in [-0.2, -0.15) is 21.0 Å². The molecule has 2 N–H and O–H groups in total. The lowest BCUT2D eigenvalue weighted by Crippen LogP contribution is -2.11. The Kier molecular flexibility index (Phi) is 9.04. The van der Waals surface area contributed by atoms with Crippen molar-refractivity contribution in [3.63, 3.8) is 0 Å². The Labute approximate surface area is 216 Å². The number of aromatic amines is 2. The highest BCUT2D eigenvalue weighted by atomic mass is 16.1. The van der Waals surface area contributed by atoms with E-state index >= 15 is 0 Å². The molecule has 0 spiro atoms. The lowest BCUT2D eigenvalue weighted by Gasteiger charge is -1.93. The molecule has 2 aromatic heterocycles. The van der Waals surface area contributed by atoms with Crippen molar-refractivity contribution in [2.75, 3.05) is 0 Å². The fourth-order valence-corrected chi connectivity index (χ4v) is 3.30. The van der Waals surface area contributed by atoms with Gasteiger partial charge in [-0.3, -0.25) is 9.59 Å². The maximum atomic E-state index is 10.8. The van der Waals surface area contributed by atoms with Crippen molar-refractivity contribution in [1.29, 1.82) is 21.0 Å². The van der Waals surface area contributed by atoms with E-state index in [1.165, 1.54) is 36.4 Å². The lowest BCUT2D eigenvalue weighted by molar-refractivity contribution is 1.31. The van der Waals surface area contributed by atoms with Crippen molar-refractivity contribution in [3.05, 3.63) is 128 Å². The van der Waals surface area contributed by atoms with E-state index < -0.39 is 0 Å². The Balaban J connectivity index is 0.000000162. The molecule has 180 valence electrons. The molecule has 0 unspecified atom stereocenters. The second kappa shape index (κ2) is 13.0. The predicted octanol–water partition coefficient (Wildman–Crippen LogP) is 3.14. The summed E-state index contributed by atoms with van der Waals surface area (Å²) in [5.41, 5.74) is 1.68. The summed E-state index contributed by atoms with van der Waals surface area (Å²) in [6, 6.07) is 35.3. The van der Waals surface area contributed by atoms with Gasteiger partial charge in [-0.15, -0.1) is 0 Å². The number of nitrogens with zero attached hydrogens (tertiary/aromatic N) is 4. The van der Waals surface area contributed by atoms with Crippen molar-refractivity contribution in [3.8, 4) is 24.3 Å². The zero-order valence-corrected chi connectivity index (χ0v) is 19.8. The average molecular weight is 495 g/mol. The summed E-state index contributed by atoms with van der Waals surface area (Å²) >= 11 is 0. The molecule has 2 heterocycles. The Morgan fingerprint density at radius 3 is 1.16 bits per heavy atom. The molecule has 0 aliphatic carbocycles. The highest BCUT2D eigenvalue weighted by molar-refractivity contribution is 5.78. The first kappa shape index (κ1) is 26.4. The summed E-state index contributed by atoms with van der Waals surface area (Å²) in [4.78, 5) is 27.1. The number of hydrogen-bond donors (Lipinski definition) is 2. The van der Waals surface area contributed by atoms with Crippen LogP contribution >= 0.6 is 0 Å². The van der Waals surface area contributed by atoms with Crippen molar-refractivity contribution in [1.82, 2.24) is 9.97 Å². The number of para-hydroxylation sites is 2. The zero-order valence-electron chi connectivity index (χ0n) is 19.8. The zero-order chi connectivity index (χ0) is 27.3. The van der Waals surface area contributed by atoms with E-state index in [2.05, 4.69) is 9.97 Å². The average Bonchev–Trinajstić information content (AvgIpc) is 2.96. The highest BCUT2D eigenvalue weighted by Gasteiger charge is 1.96. The fraction of sp³-hybridized carbons (Fsp3) is 0. The fourth-order valence-electron chi connectivity index (χ4n) is 3.30. The van der Waals surface area contributed by atoms with Crippen LogP contribution in [0.5, 0.6) is 0 Å². The van der Waals surface area contributed by atoms with Crippen molar-refractivity contribution in [2.24, 2.45) is 0 Å². The van der Waals surface area contributed by atoms with Crippen LogP contribution < -0.4 is 21.6 Å². The molecule has 5 aromatic rings. The van der Waals surface area contributed by atoms with Gasteiger partial charge in [0.05, 0.1) is 0 Å². The predicted molar refractivity (Wildman–Crippen MR) is 144 cm³/mol. The van der Waals surface area contributed by atoms with Gasteiger partial charge in [-0.1, -0.05) is 60.7 Å². The second-order valence-corrected chi connectivity index (χ2v) is 7.59. The quantitative estimate of drug-likeness (QED) is 0.336. The monoisotopic (exact) mass is 494 g/mol. The van der Waals surface area contributed by atoms with Crippen LogP contribution in [0.4, 0.5) is 0 Å². The standard InChI is InChI=1S/C12H4N4.2C9H7NO/c13-5-11(6-14)9-1-2-10(4-3-9)12(7-15)8-16;2*11-9-6-5-7-3-1-2-4-8(7)10-9/h1-4H;2*1-6H,(H,10,11). The third-order valence-electron chi connectivity index (χ3n) is 5.18. The van der Waals surface area contributed by atoms with Gasteiger partial charge in [0.1, 0.15) is 35.4 Å². The molecule has 0 saturated heterocycles. The molecule has 0 fully saturated rings. The van der Waals surface area contributed by atoms with Crippen LogP contribution in [0.25, 0.3) is 33.0 Å². The smallest absolute Gasteiger partial charge is 0.248 e. The minimum Gasteiger partial charge on any atom is -0.322 e. The van der Waals surface area contributed by atoms with E-state index in [0.717, 1.165) is 21.8 Å². The normalized spacial score (nSPS) is 9.16. The van der Waals surface area contributed by atoms with Gasteiger partial charge in [0.15, 0.2) is 0 Å². The summed E-state index contributed by atoms with van der Waals surface area (Å²) in [5.74, 6) is 0. The van der Waals surface area contributed by atoms with Gasteiger partial charge in [0, 0.05) is 33.6 Å². The topological polar surface area (TPSA) is 161 Å². The number of benzene rings is 3. The molecule has 0 saturated carbocycles. The number of rotatable bonds is 0. The first-order valence-corrected chi connectivity index (χ1v) is 11.1. The first-order valence-electron chi connectivity index (χ1n) is 11.1. The molecule has 38 heavy (non-hydrogen) atoms. The molecule has 8 heteroatoms. The Morgan fingerprint density at radius 2 is 0.816 bits per heavy atom. The Bertz CT molecular complexity index is 1820. The second-order valence-electron chi connectivity index (χ2n) is 7.59. The number of pyridine rings is 2. The molecule has 8 nitrogen and oxygen atoms in total. The summed E-state index contributed by atoms with van der Waals surface area (Å²) < 4.78 is 0. The maximum Gasteiger partial charge on any atom is 0.248 e. The van der Waals surface area contributed by atoms with Crippen molar-refractivity contribution < 1.29 is 0 Å². The highest BCUT2D eigenvalue weighted by Crippen LogP contribution is 2.07. The minimum atomic E-state index is -0.0521. The molecule has 0 radical (unpaired) electrons. The van der Waals surface area contributed by atoms with E-state index in [-0.39, 0.29) is 22.3 Å². The van der Waals surface area contributed by atoms with Gasteiger partial charge in [-0.05, 0) is 35.0 Å². The van der Waals surface area contributed by atoms with Crippen molar-refractivity contribution in [2.45, 2.75) is 0 Å². The van der Waals surface area contributed by atoms with Gasteiger partial charge in [-0.25, -0.2) is 0 Å². The van der Waals surface area contributed by atoms with E-state index in [1.54, 1.807) is 24.3 Å². The maximum absolute atomic E-state index is 10.8. The van der Waals surface area contributed by atoms with Crippen LogP contribution in [0.2, 0.25) is 0 Å². The molecule has 3 aromatic carbocycles. The Hall–Kier alpha value is -6.22. The summed E-state index contributed by atoms with van der Waals surface area (Å²) in [6.07, 6.45) is 0. The van der Waals surface area contributed by atoms with Crippen LogP contribution in [0.15, 0.2) is 107 Å². The summed E-state index contributed by atoms with van der Waals surface area (Å²) in [6.45, 7) is 0. The number of aromatic nitrogens is 2. The van der Waals surface area contributed by atoms with Gasteiger partial charge in [0.25, 0.3) is 0 Å². The molecule has 0 atom stereocenters. The molecular formula is C30H18N6O2. The third kappa shape index (κ3) is 6.90. The lowest BCUT2D eigenvalue weighted by atomic mass is 10.1. The molecule has 5 rings (SSSR count). The number of hydrogen-bond acceptors (Lipinski definition) is 6. The minimum absolute atomic E-state index is 0.00187. The summed E-state index contributed by atoms with van der Waals surface area (Å²) in [7, 11) is 0. The van der Waals surface area contributed by atoms with E-state index in [0.29, 0.717) is 10.4 Å². The van der Waals surface area contributed by atoms with Crippen LogP contribution in [0, 0.1) is 45.3 Å². The summed E-state index contributed by atoms with van der Waals surface area (Å²) in [5, 5.41) is 37.6. The number of H-pyrrole nitrogens is 2. The molecule has 0 bridgehead atoms.